The quantitative estimate of drug-likeness (QED) is 0.846. The second-order valence-electron chi connectivity index (χ2n) is 4.07. The van der Waals surface area contributed by atoms with Gasteiger partial charge in [0.2, 0.25) is 0 Å². The Morgan fingerprint density at radius 3 is 2.15 bits per heavy atom. The van der Waals surface area contributed by atoms with Crippen molar-refractivity contribution in [2.24, 2.45) is 0 Å². The molecule has 0 unspecified atom stereocenters. The molecule has 0 radical (unpaired) electrons. The summed E-state index contributed by atoms with van der Waals surface area (Å²) in [7, 11) is 0. The van der Waals surface area contributed by atoms with Gasteiger partial charge < -0.3 is 5.11 Å². The van der Waals surface area contributed by atoms with Crippen LogP contribution >= 0.6 is 15.9 Å². The number of hydrogen-bond acceptors (Lipinski definition) is 1. The van der Waals surface area contributed by atoms with Crippen molar-refractivity contribution < 1.29 is 23.1 Å². The summed E-state index contributed by atoms with van der Waals surface area (Å²) in [4.78, 5) is 11.1. The van der Waals surface area contributed by atoms with E-state index >= 15 is 0 Å². The van der Waals surface area contributed by atoms with Crippen molar-refractivity contribution in [2.45, 2.75) is 6.18 Å². The topological polar surface area (TPSA) is 37.3 Å². The maximum absolute atomic E-state index is 12.5. The highest BCUT2D eigenvalue weighted by molar-refractivity contribution is 9.10. The fourth-order valence-corrected chi connectivity index (χ4v) is 2.14. The largest absolute Gasteiger partial charge is 0.478 e. The molecule has 2 nitrogen and oxygen atoms in total. The molecule has 0 bridgehead atoms. The lowest BCUT2D eigenvalue weighted by atomic mass is 9.98. The second kappa shape index (κ2) is 5.28. The standard InChI is InChI=1S/C14H8BrF3O2/c15-10-5-6-11(13(19)20)12(7-10)8-1-3-9(4-2-8)14(16,17)18/h1-7H,(H,19,20). The summed E-state index contributed by atoms with van der Waals surface area (Å²) >= 11 is 3.22. The Hall–Kier alpha value is -1.82. The minimum Gasteiger partial charge on any atom is -0.478 e. The van der Waals surface area contributed by atoms with Crippen LogP contribution in [0.25, 0.3) is 11.1 Å². The number of carbonyl (C=O) groups is 1. The van der Waals surface area contributed by atoms with Gasteiger partial charge in [-0.25, -0.2) is 4.79 Å². The van der Waals surface area contributed by atoms with Crippen molar-refractivity contribution in [3.8, 4) is 11.1 Å². The molecule has 0 aliphatic carbocycles. The van der Waals surface area contributed by atoms with Crippen molar-refractivity contribution in [3.63, 3.8) is 0 Å². The first-order chi connectivity index (χ1) is 9.29. The van der Waals surface area contributed by atoms with Crippen LogP contribution in [-0.2, 0) is 6.18 Å². The normalized spacial score (nSPS) is 11.4. The number of rotatable bonds is 2. The van der Waals surface area contributed by atoms with Crippen molar-refractivity contribution in [3.05, 3.63) is 58.1 Å². The van der Waals surface area contributed by atoms with Gasteiger partial charge in [0.25, 0.3) is 0 Å². The van der Waals surface area contributed by atoms with Crippen LogP contribution < -0.4 is 0 Å². The Morgan fingerprint density at radius 2 is 1.65 bits per heavy atom. The van der Waals surface area contributed by atoms with Crippen LogP contribution in [0.15, 0.2) is 46.9 Å². The molecule has 1 N–H and O–H groups in total. The molecular weight excluding hydrogens is 337 g/mol. The van der Waals surface area contributed by atoms with E-state index in [1.165, 1.54) is 18.2 Å². The molecule has 104 valence electrons. The maximum atomic E-state index is 12.5. The summed E-state index contributed by atoms with van der Waals surface area (Å²) in [5.74, 6) is -1.13. The molecule has 20 heavy (non-hydrogen) atoms. The van der Waals surface area contributed by atoms with Gasteiger partial charge in [-0.2, -0.15) is 13.2 Å². The number of carboxylic acid groups (broad SMARTS) is 1. The number of hydrogen-bond donors (Lipinski definition) is 1. The third-order valence-corrected chi connectivity index (χ3v) is 3.23. The van der Waals surface area contributed by atoms with Crippen LogP contribution in [0.3, 0.4) is 0 Å². The molecule has 0 aromatic heterocycles. The van der Waals surface area contributed by atoms with E-state index < -0.39 is 17.7 Å². The highest BCUT2D eigenvalue weighted by Crippen LogP contribution is 2.32. The van der Waals surface area contributed by atoms with Gasteiger partial charge in [-0.05, 0) is 41.5 Å². The second-order valence-corrected chi connectivity index (χ2v) is 4.99. The van der Waals surface area contributed by atoms with E-state index in [9.17, 15) is 18.0 Å². The molecule has 0 aliphatic rings. The molecule has 0 saturated carbocycles. The molecule has 0 spiro atoms. The van der Waals surface area contributed by atoms with Gasteiger partial charge in [0, 0.05) is 4.47 Å². The Kier molecular flexibility index (Phi) is 3.85. The fraction of sp³-hybridized carbons (Fsp3) is 0.0714. The Labute approximate surface area is 121 Å². The van der Waals surface area contributed by atoms with Gasteiger partial charge in [-0.3, -0.25) is 0 Å². The smallest absolute Gasteiger partial charge is 0.416 e. The molecule has 0 fully saturated rings. The van der Waals surface area contributed by atoms with Crippen LogP contribution in [0, 0.1) is 0 Å². The first-order valence-corrected chi connectivity index (χ1v) is 6.29. The Morgan fingerprint density at radius 1 is 1.05 bits per heavy atom. The van der Waals surface area contributed by atoms with E-state index in [1.54, 1.807) is 12.1 Å². The SMILES string of the molecule is O=C(O)c1ccc(Br)cc1-c1ccc(C(F)(F)F)cc1. The molecule has 0 amide bonds. The molecule has 0 heterocycles. The van der Waals surface area contributed by atoms with Crippen LogP contribution in [0.1, 0.15) is 15.9 Å². The molecule has 2 rings (SSSR count). The summed E-state index contributed by atoms with van der Waals surface area (Å²) in [6.07, 6.45) is -4.41. The first kappa shape index (κ1) is 14.6. The average molecular weight is 345 g/mol. The zero-order chi connectivity index (χ0) is 14.9. The molecular formula is C14H8BrF3O2. The lowest BCUT2D eigenvalue weighted by Gasteiger charge is -2.10. The predicted molar refractivity (Wildman–Crippen MR) is 71.5 cm³/mol. The molecule has 0 aliphatic heterocycles. The summed E-state index contributed by atoms with van der Waals surface area (Å²) in [6.45, 7) is 0. The monoisotopic (exact) mass is 344 g/mol. The van der Waals surface area contributed by atoms with E-state index in [-0.39, 0.29) is 5.56 Å². The number of aromatic carboxylic acids is 1. The van der Waals surface area contributed by atoms with Gasteiger partial charge in [0.1, 0.15) is 0 Å². The third-order valence-electron chi connectivity index (χ3n) is 2.74. The third kappa shape index (κ3) is 3.01. The van der Waals surface area contributed by atoms with Crippen LogP contribution in [0.5, 0.6) is 0 Å². The van der Waals surface area contributed by atoms with Crippen molar-refractivity contribution >= 4 is 21.9 Å². The van der Waals surface area contributed by atoms with Gasteiger partial charge in [-0.1, -0.05) is 28.1 Å². The molecule has 0 atom stereocenters. The lowest BCUT2D eigenvalue weighted by Crippen LogP contribution is -2.04. The van der Waals surface area contributed by atoms with Crippen molar-refractivity contribution in [2.75, 3.05) is 0 Å². The summed E-state index contributed by atoms with van der Waals surface area (Å²) in [6, 6.07) is 8.92. The zero-order valence-corrected chi connectivity index (χ0v) is 11.5. The van der Waals surface area contributed by atoms with Crippen molar-refractivity contribution in [1.29, 1.82) is 0 Å². The molecule has 2 aromatic rings. The minimum absolute atomic E-state index is 0.0351. The highest BCUT2D eigenvalue weighted by Gasteiger charge is 2.30. The molecule has 6 heteroatoms. The van der Waals surface area contributed by atoms with Gasteiger partial charge in [-0.15, -0.1) is 0 Å². The Bertz CT molecular complexity index is 648. The summed E-state index contributed by atoms with van der Waals surface area (Å²) < 4.78 is 38.1. The molecule has 2 aromatic carbocycles. The number of benzene rings is 2. The van der Waals surface area contributed by atoms with Crippen molar-refractivity contribution in [1.82, 2.24) is 0 Å². The number of alkyl halides is 3. The van der Waals surface area contributed by atoms with Crippen LogP contribution in [0.2, 0.25) is 0 Å². The number of carboxylic acids is 1. The predicted octanol–water partition coefficient (Wildman–Crippen LogP) is 4.83. The Balaban J connectivity index is 2.52. The summed E-state index contributed by atoms with van der Waals surface area (Å²) in [5.41, 5.74) is 0.0402. The minimum atomic E-state index is -4.41. The van der Waals surface area contributed by atoms with Gasteiger partial charge in [0.15, 0.2) is 0 Å². The lowest BCUT2D eigenvalue weighted by molar-refractivity contribution is -0.137. The van der Waals surface area contributed by atoms with Gasteiger partial charge in [0.05, 0.1) is 11.1 Å². The van der Waals surface area contributed by atoms with E-state index in [2.05, 4.69) is 15.9 Å². The van der Waals surface area contributed by atoms with Gasteiger partial charge >= 0.3 is 12.1 Å². The maximum Gasteiger partial charge on any atom is 0.416 e. The van der Waals surface area contributed by atoms with Crippen LogP contribution in [0.4, 0.5) is 13.2 Å². The van der Waals surface area contributed by atoms with E-state index in [0.29, 0.717) is 15.6 Å². The molecule has 0 saturated heterocycles. The fourth-order valence-electron chi connectivity index (χ4n) is 1.78. The number of halogens is 4. The first-order valence-electron chi connectivity index (χ1n) is 5.49. The van der Waals surface area contributed by atoms with E-state index in [0.717, 1.165) is 12.1 Å². The highest BCUT2D eigenvalue weighted by atomic mass is 79.9. The zero-order valence-electron chi connectivity index (χ0n) is 9.91. The van der Waals surface area contributed by atoms with Crippen LogP contribution in [-0.4, -0.2) is 11.1 Å². The average Bonchev–Trinajstić information content (AvgIpc) is 2.37. The van der Waals surface area contributed by atoms with E-state index in [4.69, 9.17) is 5.11 Å². The summed E-state index contributed by atoms with van der Waals surface area (Å²) in [5, 5.41) is 9.11. The van der Waals surface area contributed by atoms with E-state index in [1.807, 2.05) is 0 Å².